The number of hydrogen-bond donors (Lipinski definition) is 0. The van der Waals surface area contributed by atoms with Crippen molar-refractivity contribution in [3.05, 3.63) is 107 Å². The van der Waals surface area contributed by atoms with Gasteiger partial charge in [-0.05, 0) is 77.3 Å². The van der Waals surface area contributed by atoms with Crippen LogP contribution in [0.3, 0.4) is 0 Å². The van der Waals surface area contributed by atoms with Crippen LogP contribution in [0, 0.1) is 6.92 Å². The van der Waals surface area contributed by atoms with E-state index in [0.717, 1.165) is 0 Å². The van der Waals surface area contributed by atoms with Gasteiger partial charge < -0.3 is 0 Å². The Bertz CT molecular complexity index is 1570. The zero-order valence-electron chi connectivity index (χ0n) is 24.2. The highest BCUT2D eigenvalue weighted by Crippen LogP contribution is 2.37. The number of fused-ring (bicyclic) bond motifs is 1. The van der Waals surface area contributed by atoms with E-state index in [9.17, 15) is 0 Å². The highest BCUT2D eigenvalue weighted by atomic mass is 15.2. The zero-order chi connectivity index (χ0) is 27.1. The predicted molar refractivity (Wildman–Crippen MR) is 162 cm³/mol. The van der Waals surface area contributed by atoms with Gasteiger partial charge in [-0.3, -0.25) is 0 Å². The van der Waals surface area contributed by atoms with Crippen LogP contribution < -0.4 is 4.57 Å². The van der Waals surface area contributed by atoms with Gasteiger partial charge in [-0.2, -0.15) is 4.57 Å². The Labute approximate surface area is 228 Å². The lowest BCUT2D eigenvalue weighted by atomic mass is 9.88. The quantitative estimate of drug-likeness (QED) is 0.205. The number of imidazole rings is 1. The van der Waals surface area contributed by atoms with Crippen molar-refractivity contribution in [2.45, 2.75) is 66.2 Å². The van der Waals surface area contributed by atoms with E-state index in [1.54, 1.807) is 0 Å². The molecule has 0 unspecified atom stereocenters. The van der Waals surface area contributed by atoms with Crippen molar-refractivity contribution >= 4 is 11.0 Å². The summed E-state index contributed by atoms with van der Waals surface area (Å²) in [6.07, 6.45) is 0. The zero-order valence-corrected chi connectivity index (χ0v) is 24.2. The van der Waals surface area contributed by atoms with Crippen LogP contribution >= 0.6 is 0 Å². The minimum absolute atomic E-state index is 0.369. The number of nitrogens with zero attached hydrogens (tertiary/aromatic N) is 2. The topological polar surface area (TPSA) is 8.81 Å². The molecule has 5 aromatic rings. The lowest BCUT2D eigenvalue weighted by Gasteiger charge is -2.21. The maximum Gasteiger partial charge on any atom is 0.295 e. The third-order valence-electron chi connectivity index (χ3n) is 7.93. The van der Waals surface area contributed by atoms with Crippen LogP contribution in [0.1, 0.15) is 81.5 Å². The van der Waals surface area contributed by atoms with E-state index < -0.39 is 0 Å². The van der Waals surface area contributed by atoms with Crippen molar-refractivity contribution in [2.24, 2.45) is 7.05 Å². The van der Waals surface area contributed by atoms with Gasteiger partial charge in [0, 0.05) is 11.1 Å². The molecule has 0 saturated heterocycles. The summed E-state index contributed by atoms with van der Waals surface area (Å²) in [6.45, 7) is 16.1. The summed E-state index contributed by atoms with van der Waals surface area (Å²) >= 11 is 0. The van der Waals surface area contributed by atoms with Gasteiger partial charge in [0.05, 0.1) is 12.6 Å². The van der Waals surface area contributed by atoms with Gasteiger partial charge in [0.15, 0.2) is 11.0 Å². The summed E-state index contributed by atoms with van der Waals surface area (Å²) in [5, 5.41) is 0. The van der Waals surface area contributed by atoms with Gasteiger partial charge in [-0.15, -0.1) is 0 Å². The Morgan fingerprint density at radius 2 is 1.24 bits per heavy atom. The maximum absolute atomic E-state index is 2.56. The Hall–Kier alpha value is -3.65. The van der Waals surface area contributed by atoms with Crippen LogP contribution in [-0.4, -0.2) is 4.57 Å². The van der Waals surface area contributed by atoms with Crippen LogP contribution in [0.5, 0.6) is 0 Å². The summed E-state index contributed by atoms with van der Waals surface area (Å²) in [4.78, 5) is 0. The van der Waals surface area contributed by atoms with Crippen LogP contribution in [0.4, 0.5) is 0 Å². The first-order valence-electron chi connectivity index (χ1n) is 14.0. The standard InChI is InChI=1S/C36H41N2/c1-23(2)28-18-19-33-34(22-28)37(8)36(30-17-13-12-14-26(30)7)38(33)35-31(24(3)4)20-29(21-32(35)25(5)6)27-15-10-9-11-16-27/h9-25H,1-8H3/q+1. The SMILES string of the molecule is Cc1ccccc1-c1n(C)c2cc(C(C)C)ccc2[n+]1-c1c(C(C)C)cc(-c2ccccc2)cc1C(C)C. The van der Waals surface area contributed by atoms with Crippen molar-refractivity contribution in [2.75, 3.05) is 0 Å². The largest absolute Gasteiger partial charge is 0.295 e. The van der Waals surface area contributed by atoms with E-state index in [2.05, 4.69) is 150 Å². The molecule has 0 amide bonds. The normalized spacial score (nSPS) is 11.9. The van der Waals surface area contributed by atoms with E-state index in [1.165, 1.54) is 61.5 Å². The molecule has 0 aliphatic rings. The first-order chi connectivity index (χ1) is 18.2. The van der Waals surface area contributed by atoms with Gasteiger partial charge in [0.25, 0.3) is 5.82 Å². The molecular formula is C36H41N2+. The van der Waals surface area contributed by atoms with Gasteiger partial charge in [0.1, 0.15) is 5.69 Å². The van der Waals surface area contributed by atoms with Crippen molar-refractivity contribution < 1.29 is 4.57 Å². The monoisotopic (exact) mass is 501 g/mol. The van der Waals surface area contributed by atoms with E-state index in [-0.39, 0.29) is 0 Å². The molecule has 0 atom stereocenters. The lowest BCUT2D eigenvalue weighted by molar-refractivity contribution is -0.557. The molecule has 1 aromatic heterocycles. The molecule has 1 heterocycles. The molecule has 0 fully saturated rings. The van der Waals surface area contributed by atoms with E-state index in [4.69, 9.17) is 0 Å². The molecule has 5 rings (SSSR count). The minimum Gasteiger partial charge on any atom is -0.225 e. The van der Waals surface area contributed by atoms with Crippen molar-refractivity contribution in [1.29, 1.82) is 0 Å². The summed E-state index contributed by atoms with van der Waals surface area (Å²) in [6, 6.07) is 31.5. The highest BCUT2D eigenvalue weighted by molar-refractivity contribution is 5.79. The number of rotatable bonds is 6. The van der Waals surface area contributed by atoms with E-state index >= 15 is 0 Å². The molecule has 0 saturated carbocycles. The number of benzene rings is 4. The number of aryl methyl sites for hydroxylation is 2. The van der Waals surface area contributed by atoms with Crippen LogP contribution in [0.2, 0.25) is 0 Å². The molecule has 0 spiro atoms. The summed E-state index contributed by atoms with van der Waals surface area (Å²) < 4.78 is 4.96. The highest BCUT2D eigenvalue weighted by Gasteiger charge is 2.32. The maximum atomic E-state index is 2.56. The second kappa shape index (κ2) is 10.3. The average Bonchev–Trinajstić information content (AvgIpc) is 3.19. The fraction of sp³-hybridized carbons (Fsp3) is 0.306. The van der Waals surface area contributed by atoms with Crippen molar-refractivity contribution in [3.8, 4) is 28.2 Å². The summed E-state index contributed by atoms with van der Waals surface area (Å²) in [7, 11) is 2.23. The average molecular weight is 502 g/mol. The molecule has 0 aliphatic heterocycles. The van der Waals surface area contributed by atoms with Gasteiger partial charge >= 0.3 is 0 Å². The molecule has 0 aliphatic carbocycles. The minimum atomic E-state index is 0.369. The fourth-order valence-corrected chi connectivity index (χ4v) is 5.70. The third kappa shape index (κ3) is 4.47. The first kappa shape index (κ1) is 26.0. The number of hydrogen-bond acceptors (Lipinski definition) is 0. The van der Waals surface area contributed by atoms with Gasteiger partial charge in [-0.1, -0.05) is 96.1 Å². The first-order valence-corrected chi connectivity index (χ1v) is 14.0. The Morgan fingerprint density at radius 1 is 0.632 bits per heavy atom. The van der Waals surface area contributed by atoms with Crippen LogP contribution in [0.15, 0.2) is 84.9 Å². The van der Waals surface area contributed by atoms with Crippen LogP contribution in [-0.2, 0) is 7.05 Å². The summed E-state index contributed by atoms with van der Waals surface area (Å²) in [5.41, 5.74) is 13.1. The predicted octanol–water partition coefficient (Wildman–Crippen LogP) is 9.47. The lowest BCUT2D eigenvalue weighted by Crippen LogP contribution is -2.36. The second-order valence-corrected chi connectivity index (χ2v) is 11.6. The van der Waals surface area contributed by atoms with Gasteiger partial charge in [-0.25, -0.2) is 4.57 Å². The third-order valence-corrected chi connectivity index (χ3v) is 7.93. The molecule has 4 aromatic carbocycles. The smallest absolute Gasteiger partial charge is 0.225 e. The Kier molecular flexibility index (Phi) is 7.01. The van der Waals surface area contributed by atoms with Crippen molar-refractivity contribution in [1.82, 2.24) is 4.57 Å². The number of aromatic nitrogens is 2. The van der Waals surface area contributed by atoms with Crippen molar-refractivity contribution in [3.63, 3.8) is 0 Å². The van der Waals surface area contributed by atoms with Gasteiger partial charge in [0.2, 0.25) is 0 Å². The molecule has 0 radical (unpaired) electrons. The fourth-order valence-electron chi connectivity index (χ4n) is 5.70. The summed E-state index contributed by atoms with van der Waals surface area (Å²) in [5.74, 6) is 2.45. The Morgan fingerprint density at radius 3 is 1.82 bits per heavy atom. The molecule has 0 bridgehead atoms. The molecule has 38 heavy (non-hydrogen) atoms. The van der Waals surface area contributed by atoms with E-state index in [0.29, 0.717) is 17.8 Å². The molecular weight excluding hydrogens is 460 g/mol. The Balaban J connectivity index is 1.95. The molecule has 2 heteroatoms. The second-order valence-electron chi connectivity index (χ2n) is 11.6. The molecule has 194 valence electrons. The molecule has 0 N–H and O–H groups in total. The van der Waals surface area contributed by atoms with Crippen LogP contribution in [0.25, 0.3) is 39.2 Å². The molecule has 2 nitrogen and oxygen atoms in total. The van der Waals surface area contributed by atoms with E-state index in [1.807, 2.05) is 0 Å².